The maximum absolute atomic E-state index is 5.41. The number of rotatable bonds is 5. The predicted octanol–water partition coefficient (Wildman–Crippen LogP) is 3.24. The molecule has 0 saturated carbocycles. The Morgan fingerprint density at radius 1 is 1.47 bits per heavy atom. The van der Waals surface area contributed by atoms with Gasteiger partial charge in [-0.25, -0.2) is 0 Å². The Kier molecular flexibility index (Phi) is 5.34. The van der Waals surface area contributed by atoms with Crippen LogP contribution in [0, 0.1) is 17.8 Å². The summed E-state index contributed by atoms with van der Waals surface area (Å²) in [6, 6.07) is 0. The zero-order chi connectivity index (χ0) is 11.3. The molecule has 0 aromatic rings. The highest BCUT2D eigenvalue weighted by molar-refractivity contribution is 5.13. The largest absolute Gasteiger partial charge is 0.359 e. The molecule has 2 nitrogen and oxygen atoms in total. The Morgan fingerprint density at radius 3 is 2.80 bits per heavy atom. The molecule has 0 bridgehead atoms. The van der Waals surface area contributed by atoms with Gasteiger partial charge in [0, 0.05) is 13.0 Å². The third-order valence-corrected chi connectivity index (χ3v) is 3.22. The molecule has 0 saturated heterocycles. The zero-order valence-electron chi connectivity index (χ0n) is 10.5. The van der Waals surface area contributed by atoms with Crippen molar-refractivity contribution in [3.8, 4) is 0 Å². The molecular weight excluding hydrogens is 188 g/mol. The molecule has 0 aromatic heterocycles. The average Bonchev–Trinajstić information content (AvgIpc) is 2.17. The monoisotopic (exact) mass is 212 g/mol. The maximum atomic E-state index is 5.41. The van der Waals surface area contributed by atoms with Crippen molar-refractivity contribution in [1.29, 1.82) is 0 Å². The lowest BCUT2D eigenvalue weighted by molar-refractivity contribution is -0.0390. The Labute approximate surface area is 93.7 Å². The van der Waals surface area contributed by atoms with Crippen molar-refractivity contribution < 1.29 is 9.47 Å². The number of ether oxygens (including phenoxy) is 2. The lowest BCUT2D eigenvalue weighted by Gasteiger charge is -2.29. The van der Waals surface area contributed by atoms with E-state index in [9.17, 15) is 0 Å². The fourth-order valence-electron chi connectivity index (χ4n) is 2.47. The van der Waals surface area contributed by atoms with Gasteiger partial charge in [0.1, 0.15) is 6.79 Å². The summed E-state index contributed by atoms with van der Waals surface area (Å²) < 4.78 is 10.3. The molecule has 0 aromatic carbocycles. The Balaban J connectivity index is 2.40. The highest BCUT2D eigenvalue weighted by Gasteiger charge is 2.21. The summed E-state index contributed by atoms with van der Waals surface area (Å²) in [5.41, 5.74) is 1.57. The smallest absolute Gasteiger partial charge is 0.146 e. The van der Waals surface area contributed by atoms with E-state index in [-0.39, 0.29) is 0 Å². The van der Waals surface area contributed by atoms with E-state index in [0.717, 1.165) is 18.4 Å². The van der Waals surface area contributed by atoms with Gasteiger partial charge in [-0.1, -0.05) is 32.4 Å². The van der Waals surface area contributed by atoms with Gasteiger partial charge >= 0.3 is 0 Å². The molecular formula is C13H24O2. The van der Waals surface area contributed by atoms with Gasteiger partial charge in [-0.2, -0.15) is 0 Å². The lowest BCUT2D eigenvalue weighted by atomic mass is 9.78. The van der Waals surface area contributed by atoms with Crippen molar-refractivity contribution in [1.82, 2.24) is 0 Å². The second-order valence-electron chi connectivity index (χ2n) is 4.86. The van der Waals surface area contributed by atoms with Crippen molar-refractivity contribution in [2.75, 3.05) is 20.5 Å². The molecule has 2 heteroatoms. The number of allylic oxidation sites excluding steroid dienone is 1. The van der Waals surface area contributed by atoms with Crippen molar-refractivity contribution in [2.24, 2.45) is 17.8 Å². The summed E-state index contributed by atoms with van der Waals surface area (Å²) in [6.45, 7) is 8.08. The van der Waals surface area contributed by atoms with E-state index in [1.807, 2.05) is 0 Å². The molecule has 1 aliphatic rings. The van der Waals surface area contributed by atoms with Crippen LogP contribution >= 0.6 is 0 Å². The Hall–Kier alpha value is -0.340. The van der Waals surface area contributed by atoms with Gasteiger partial charge in [0.25, 0.3) is 0 Å². The normalized spacial score (nSPS) is 28.7. The molecule has 0 amide bonds. The van der Waals surface area contributed by atoms with Crippen LogP contribution in [0.2, 0.25) is 0 Å². The summed E-state index contributed by atoms with van der Waals surface area (Å²) in [5, 5.41) is 0. The van der Waals surface area contributed by atoms with Crippen LogP contribution in [0.5, 0.6) is 0 Å². The second kappa shape index (κ2) is 6.29. The number of methoxy groups -OCH3 is 1. The highest BCUT2D eigenvalue weighted by atomic mass is 16.7. The minimum atomic E-state index is 0.405. The summed E-state index contributed by atoms with van der Waals surface area (Å²) >= 11 is 0. The molecule has 88 valence electrons. The Morgan fingerprint density at radius 2 is 2.20 bits per heavy atom. The van der Waals surface area contributed by atoms with Gasteiger partial charge in [-0.15, -0.1) is 0 Å². The van der Waals surface area contributed by atoms with Crippen LogP contribution < -0.4 is 0 Å². The van der Waals surface area contributed by atoms with E-state index in [1.165, 1.54) is 12.8 Å². The van der Waals surface area contributed by atoms with E-state index in [1.54, 1.807) is 12.7 Å². The van der Waals surface area contributed by atoms with Gasteiger partial charge in [-0.3, -0.25) is 0 Å². The molecule has 1 aliphatic carbocycles. The van der Waals surface area contributed by atoms with Crippen LogP contribution in [-0.2, 0) is 9.47 Å². The second-order valence-corrected chi connectivity index (χ2v) is 4.86. The van der Waals surface area contributed by atoms with Crippen molar-refractivity contribution in [3.05, 3.63) is 11.6 Å². The summed E-state index contributed by atoms with van der Waals surface area (Å²) in [6.07, 6.45) is 4.97. The molecule has 3 atom stereocenters. The standard InChI is InChI=1S/C13H24O2/c1-10-5-6-13(11(2)7-10)12(3)8-15-9-14-4/h6,10-12H,5,7-9H2,1-4H3/t10-,11+,12+/m0/s1. The molecule has 0 unspecified atom stereocenters. The van der Waals surface area contributed by atoms with Crippen LogP contribution in [-0.4, -0.2) is 20.5 Å². The van der Waals surface area contributed by atoms with Crippen LogP contribution in [0.4, 0.5) is 0 Å². The minimum Gasteiger partial charge on any atom is -0.359 e. The third kappa shape index (κ3) is 3.96. The minimum absolute atomic E-state index is 0.405. The molecule has 0 radical (unpaired) electrons. The third-order valence-electron chi connectivity index (χ3n) is 3.22. The molecule has 0 aliphatic heterocycles. The van der Waals surface area contributed by atoms with E-state index < -0.39 is 0 Å². The molecule has 1 rings (SSSR count). The topological polar surface area (TPSA) is 18.5 Å². The van der Waals surface area contributed by atoms with Crippen molar-refractivity contribution >= 4 is 0 Å². The summed E-state index contributed by atoms with van der Waals surface area (Å²) in [4.78, 5) is 0. The van der Waals surface area contributed by atoms with Gasteiger partial charge in [0.2, 0.25) is 0 Å². The lowest BCUT2D eigenvalue weighted by Crippen LogP contribution is -2.19. The molecule has 15 heavy (non-hydrogen) atoms. The van der Waals surface area contributed by atoms with E-state index >= 15 is 0 Å². The summed E-state index contributed by atoms with van der Waals surface area (Å²) in [5.74, 6) is 2.09. The first kappa shape index (κ1) is 12.7. The average molecular weight is 212 g/mol. The Bertz CT molecular complexity index is 211. The van der Waals surface area contributed by atoms with Crippen LogP contribution in [0.1, 0.15) is 33.6 Å². The first-order valence-electron chi connectivity index (χ1n) is 5.91. The van der Waals surface area contributed by atoms with Gasteiger partial charge < -0.3 is 9.47 Å². The SMILES string of the molecule is COCOC[C@@H](C)C1=CC[C@H](C)C[C@H]1C. The fraction of sp³-hybridized carbons (Fsp3) is 0.846. The van der Waals surface area contributed by atoms with Crippen molar-refractivity contribution in [2.45, 2.75) is 33.6 Å². The fourth-order valence-corrected chi connectivity index (χ4v) is 2.47. The van der Waals surface area contributed by atoms with Crippen LogP contribution in [0.15, 0.2) is 11.6 Å². The van der Waals surface area contributed by atoms with Gasteiger partial charge in [0.05, 0.1) is 6.61 Å². The van der Waals surface area contributed by atoms with E-state index in [4.69, 9.17) is 9.47 Å². The maximum Gasteiger partial charge on any atom is 0.146 e. The molecule has 0 heterocycles. The summed E-state index contributed by atoms with van der Waals surface area (Å²) in [7, 11) is 1.66. The van der Waals surface area contributed by atoms with Crippen molar-refractivity contribution in [3.63, 3.8) is 0 Å². The predicted molar refractivity (Wildman–Crippen MR) is 62.6 cm³/mol. The first-order chi connectivity index (χ1) is 7.15. The van der Waals surface area contributed by atoms with Crippen LogP contribution in [0.25, 0.3) is 0 Å². The molecule has 0 N–H and O–H groups in total. The van der Waals surface area contributed by atoms with E-state index in [0.29, 0.717) is 12.7 Å². The number of hydrogen-bond acceptors (Lipinski definition) is 2. The van der Waals surface area contributed by atoms with Crippen LogP contribution in [0.3, 0.4) is 0 Å². The van der Waals surface area contributed by atoms with Gasteiger partial charge in [-0.05, 0) is 24.7 Å². The molecule has 0 spiro atoms. The first-order valence-corrected chi connectivity index (χ1v) is 5.91. The zero-order valence-corrected chi connectivity index (χ0v) is 10.5. The van der Waals surface area contributed by atoms with E-state index in [2.05, 4.69) is 26.8 Å². The number of hydrogen-bond donors (Lipinski definition) is 0. The molecule has 0 fully saturated rings. The highest BCUT2D eigenvalue weighted by Crippen LogP contribution is 2.32. The quantitative estimate of drug-likeness (QED) is 0.396. The van der Waals surface area contributed by atoms with Gasteiger partial charge in [0.15, 0.2) is 0 Å².